The number of aliphatic imine (C=N–C) groups is 1. The number of rotatable bonds is 6. The fourth-order valence-electron chi connectivity index (χ4n) is 5.58. The lowest BCUT2D eigenvalue weighted by Gasteiger charge is -2.34. The first-order chi connectivity index (χ1) is 16.9. The topological polar surface area (TPSA) is 79.3 Å². The quantitative estimate of drug-likeness (QED) is 0.602. The van der Waals surface area contributed by atoms with Gasteiger partial charge >= 0.3 is 0 Å². The van der Waals surface area contributed by atoms with Gasteiger partial charge in [-0.3, -0.25) is 24.3 Å². The van der Waals surface area contributed by atoms with Crippen LogP contribution < -0.4 is 10.2 Å². The molecule has 5 rings (SSSR count). The van der Waals surface area contributed by atoms with E-state index in [2.05, 4.69) is 9.89 Å². The Balaban J connectivity index is 1.17. The Hall–Kier alpha value is -3.32. The third kappa shape index (κ3) is 4.65. The van der Waals surface area contributed by atoms with E-state index in [1.807, 2.05) is 42.2 Å². The molecule has 0 bridgehead atoms. The summed E-state index contributed by atoms with van der Waals surface area (Å²) in [6.45, 7) is 4.61. The van der Waals surface area contributed by atoms with Crippen LogP contribution >= 0.6 is 0 Å². The number of Topliss-reactive ketones (excluding diaryl/α,β-unsaturated/α-hetero) is 1. The zero-order chi connectivity index (χ0) is 24.5. The van der Waals surface area contributed by atoms with Crippen LogP contribution in [0, 0.1) is 12.8 Å². The van der Waals surface area contributed by atoms with Gasteiger partial charge in [0.25, 0.3) is 0 Å². The molecule has 35 heavy (non-hydrogen) atoms. The molecule has 7 nitrogen and oxygen atoms in total. The van der Waals surface area contributed by atoms with Gasteiger partial charge in [0.1, 0.15) is 5.75 Å². The maximum Gasteiger partial charge on any atom is 0.240 e. The molecule has 2 aromatic carbocycles. The molecule has 0 N–H and O–H groups in total. The summed E-state index contributed by atoms with van der Waals surface area (Å²) in [4.78, 5) is 47.2. The van der Waals surface area contributed by atoms with E-state index in [9.17, 15) is 14.4 Å². The van der Waals surface area contributed by atoms with Crippen molar-refractivity contribution in [1.82, 2.24) is 9.80 Å². The van der Waals surface area contributed by atoms with E-state index >= 15 is 0 Å². The number of ketones is 1. The van der Waals surface area contributed by atoms with Gasteiger partial charge in [-0.05, 0) is 75.2 Å². The van der Waals surface area contributed by atoms with Crippen LogP contribution in [0.4, 0.5) is 5.69 Å². The zero-order valence-electron chi connectivity index (χ0n) is 20.3. The van der Waals surface area contributed by atoms with Crippen LogP contribution in [0.3, 0.4) is 0 Å². The minimum atomic E-state index is -0.133. The Kier molecular flexibility index (Phi) is 6.52. The SMILES string of the molecule is COc1ccc(C(=O)C2CCN([C@H]3CCN(CC4=Nc5ccccc(=O)c5C4)C3=O)CC2)cc1C. The molecule has 3 aliphatic rings. The lowest BCUT2D eigenvalue weighted by Crippen LogP contribution is -2.47. The molecule has 3 aliphatic heterocycles. The monoisotopic (exact) mass is 473 g/mol. The number of fused-ring (bicyclic) bond motifs is 1. The molecule has 0 saturated carbocycles. The number of likely N-dealkylation sites (tertiary alicyclic amines) is 2. The number of benzene rings is 1. The van der Waals surface area contributed by atoms with E-state index in [1.54, 1.807) is 19.2 Å². The molecule has 2 saturated heterocycles. The number of nitrogens with zero attached hydrogens (tertiary/aromatic N) is 3. The smallest absolute Gasteiger partial charge is 0.240 e. The van der Waals surface area contributed by atoms with Crippen molar-refractivity contribution in [3.05, 3.63) is 69.4 Å². The van der Waals surface area contributed by atoms with Crippen molar-refractivity contribution in [2.45, 2.75) is 38.6 Å². The predicted molar refractivity (Wildman–Crippen MR) is 135 cm³/mol. The summed E-state index contributed by atoms with van der Waals surface area (Å²) in [6, 6.07) is 12.5. The van der Waals surface area contributed by atoms with Crippen molar-refractivity contribution < 1.29 is 14.3 Å². The molecule has 2 aromatic rings. The third-order valence-electron chi connectivity index (χ3n) is 7.54. The number of amides is 1. The van der Waals surface area contributed by atoms with Gasteiger partial charge < -0.3 is 9.64 Å². The number of carbonyl (C=O) groups excluding carboxylic acids is 2. The number of aryl methyl sites for hydroxylation is 1. The molecule has 0 unspecified atom stereocenters. The highest BCUT2D eigenvalue weighted by Crippen LogP contribution is 2.29. The number of hydrogen-bond acceptors (Lipinski definition) is 6. The van der Waals surface area contributed by atoms with Crippen LogP contribution in [0.25, 0.3) is 0 Å². The van der Waals surface area contributed by atoms with Crippen LogP contribution in [0.15, 0.2) is 52.3 Å². The minimum absolute atomic E-state index is 0.00315. The Morgan fingerprint density at radius 3 is 2.57 bits per heavy atom. The van der Waals surface area contributed by atoms with Crippen molar-refractivity contribution in [3.63, 3.8) is 0 Å². The van der Waals surface area contributed by atoms with Crippen molar-refractivity contribution in [2.75, 3.05) is 33.3 Å². The summed E-state index contributed by atoms with van der Waals surface area (Å²) in [7, 11) is 1.63. The number of methoxy groups -OCH3 is 1. The summed E-state index contributed by atoms with van der Waals surface area (Å²) >= 11 is 0. The third-order valence-corrected chi connectivity index (χ3v) is 7.54. The number of hydrogen-bond donors (Lipinski definition) is 0. The molecular weight excluding hydrogens is 442 g/mol. The second-order valence-corrected chi connectivity index (χ2v) is 9.72. The summed E-state index contributed by atoms with van der Waals surface area (Å²) < 4.78 is 5.31. The zero-order valence-corrected chi connectivity index (χ0v) is 20.3. The van der Waals surface area contributed by atoms with Gasteiger partial charge in [0.05, 0.1) is 25.4 Å². The van der Waals surface area contributed by atoms with E-state index in [0.717, 1.165) is 60.6 Å². The molecular formula is C28H31N3O4. The van der Waals surface area contributed by atoms with Crippen LogP contribution in [0.2, 0.25) is 0 Å². The fraction of sp³-hybridized carbons (Fsp3) is 0.429. The number of ether oxygens (including phenoxy) is 1. The first-order valence-electron chi connectivity index (χ1n) is 12.3. The Morgan fingerprint density at radius 1 is 1.06 bits per heavy atom. The van der Waals surface area contributed by atoms with Gasteiger partial charge in [0, 0.05) is 35.7 Å². The largest absolute Gasteiger partial charge is 0.496 e. The highest BCUT2D eigenvalue weighted by Gasteiger charge is 2.39. The Morgan fingerprint density at radius 2 is 1.83 bits per heavy atom. The average Bonchev–Trinajstić information content (AvgIpc) is 3.39. The van der Waals surface area contributed by atoms with Crippen LogP contribution in [-0.2, 0) is 11.2 Å². The summed E-state index contributed by atoms with van der Waals surface area (Å²) in [5, 5.41) is 0. The lowest BCUT2D eigenvalue weighted by molar-refractivity contribution is -0.131. The Labute approximate surface area is 205 Å². The average molecular weight is 474 g/mol. The van der Waals surface area contributed by atoms with E-state index < -0.39 is 0 Å². The molecule has 7 heteroatoms. The highest BCUT2D eigenvalue weighted by atomic mass is 16.5. The van der Waals surface area contributed by atoms with Crippen LogP contribution in [0.1, 0.15) is 40.7 Å². The standard InChI is InChI=1S/C28H31N3O4/c1-18-15-20(7-8-26(18)35-2)27(33)19-9-12-30(13-10-19)24-11-14-31(28(24)34)17-21-16-22-23(29-21)5-3-4-6-25(22)32/h3-8,15,19,24H,9-14,16-17H2,1-2H3/t24-/m0/s1. The van der Waals surface area contributed by atoms with E-state index in [1.165, 1.54) is 0 Å². The first kappa shape index (κ1) is 23.4. The summed E-state index contributed by atoms with van der Waals surface area (Å²) in [5.41, 5.74) is 4.00. The fourth-order valence-corrected chi connectivity index (χ4v) is 5.58. The maximum absolute atomic E-state index is 13.2. The Bertz CT molecular complexity index is 1250. The molecule has 2 fully saturated rings. The molecule has 1 amide bonds. The molecule has 1 atom stereocenters. The minimum Gasteiger partial charge on any atom is -0.496 e. The van der Waals surface area contributed by atoms with Crippen molar-refractivity contribution in [3.8, 4) is 5.75 Å². The predicted octanol–water partition coefficient (Wildman–Crippen LogP) is 3.19. The first-order valence-corrected chi connectivity index (χ1v) is 12.3. The normalized spacial score (nSPS) is 20.6. The van der Waals surface area contributed by atoms with Gasteiger partial charge in [-0.25, -0.2) is 0 Å². The van der Waals surface area contributed by atoms with Gasteiger partial charge in [-0.1, -0.05) is 12.1 Å². The van der Waals surface area contributed by atoms with Gasteiger partial charge in [-0.2, -0.15) is 0 Å². The molecule has 182 valence electrons. The highest BCUT2D eigenvalue weighted by molar-refractivity contribution is 5.99. The van der Waals surface area contributed by atoms with Crippen LogP contribution in [0.5, 0.6) is 5.75 Å². The second kappa shape index (κ2) is 9.74. The summed E-state index contributed by atoms with van der Waals surface area (Å²) in [6.07, 6.45) is 2.82. The van der Waals surface area contributed by atoms with E-state index in [-0.39, 0.29) is 29.1 Å². The number of carbonyl (C=O) groups is 2. The van der Waals surface area contributed by atoms with E-state index in [0.29, 0.717) is 25.1 Å². The molecule has 0 aliphatic carbocycles. The van der Waals surface area contributed by atoms with Crippen molar-refractivity contribution >= 4 is 23.1 Å². The van der Waals surface area contributed by atoms with Crippen molar-refractivity contribution in [1.29, 1.82) is 0 Å². The van der Waals surface area contributed by atoms with Crippen molar-refractivity contribution in [2.24, 2.45) is 10.9 Å². The molecule has 0 spiro atoms. The summed E-state index contributed by atoms with van der Waals surface area (Å²) in [5.74, 6) is 1.09. The molecule has 3 heterocycles. The second-order valence-electron chi connectivity index (χ2n) is 9.72. The molecule has 0 radical (unpaired) electrons. The van der Waals surface area contributed by atoms with Gasteiger partial charge in [0.15, 0.2) is 11.2 Å². The lowest BCUT2D eigenvalue weighted by atomic mass is 9.87. The van der Waals surface area contributed by atoms with E-state index in [4.69, 9.17) is 4.74 Å². The van der Waals surface area contributed by atoms with Gasteiger partial charge in [-0.15, -0.1) is 0 Å². The van der Waals surface area contributed by atoms with Gasteiger partial charge in [0.2, 0.25) is 5.91 Å². The molecule has 0 aromatic heterocycles. The maximum atomic E-state index is 13.2. The number of piperidine rings is 1. The van der Waals surface area contributed by atoms with Crippen LogP contribution in [-0.4, -0.2) is 66.5 Å².